The maximum absolute atomic E-state index is 11.9. The van der Waals surface area contributed by atoms with E-state index in [0.29, 0.717) is 30.0 Å². The predicted molar refractivity (Wildman–Crippen MR) is 97.9 cm³/mol. The number of hydrogen-bond acceptors (Lipinski definition) is 3. The minimum atomic E-state index is 0.401. The van der Waals surface area contributed by atoms with E-state index in [9.17, 15) is 4.79 Å². The predicted octanol–water partition coefficient (Wildman–Crippen LogP) is 5.37. The number of ketones is 1. The summed E-state index contributed by atoms with van der Waals surface area (Å²) >= 11 is 0. The minimum absolute atomic E-state index is 0.401. The maximum atomic E-state index is 11.9. The van der Waals surface area contributed by atoms with E-state index in [-0.39, 0.29) is 0 Å². The van der Waals surface area contributed by atoms with Gasteiger partial charge in [-0.15, -0.1) is 0 Å². The third-order valence-electron chi connectivity index (χ3n) is 5.31. The number of benzene rings is 1. The molecule has 0 saturated heterocycles. The van der Waals surface area contributed by atoms with Crippen molar-refractivity contribution >= 4 is 5.78 Å². The molecule has 0 bridgehead atoms. The molecule has 3 heteroatoms. The Kier molecular flexibility index (Phi) is 7.14. The Hall–Kier alpha value is -1.51. The fraction of sp³-hybridized carbons (Fsp3) is 0.667. The van der Waals surface area contributed by atoms with E-state index < -0.39 is 0 Å². The molecule has 1 aromatic rings. The average molecular weight is 332 g/mol. The topological polar surface area (TPSA) is 35.5 Å². The molecule has 1 aliphatic rings. The second-order valence-corrected chi connectivity index (χ2v) is 7.08. The molecule has 0 spiro atoms. The van der Waals surface area contributed by atoms with Crippen molar-refractivity contribution in [1.29, 1.82) is 0 Å². The monoisotopic (exact) mass is 332 g/mol. The number of rotatable bonds is 9. The van der Waals surface area contributed by atoms with Crippen LogP contribution in [0.25, 0.3) is 0 Å². The van der Waals surface area contributed by atoms with Crippen LogP contribution < -0.4 is 9.47 Å². The molecule has 0 saturated carbocycles. The summed E-state index contributed by atoms with van der Waals surface area (Å²) in [4.78, 5) is 11.9. The number of fused-ring (bicyclic) bond motifs is 1. The Labute approximate surface area is 146 Å². The Morgan fingerprint density at radius 2 is 2.08 bits per heavy atom. The van der Waals surface area contributed by atoms with Gasteiger partial charge >= 0.3 is 0 Å². The summed E-state index contributed by atoms with van der Waals surface area (Å²) in [5.74, 6) is 3.72. The molecule has 0 aromatic heterocycles. The third-order valence-corrected chi connectivity index (χ3v) is 5.31. The molecule has 1 aromatic carbocycles. The highest BCUT2D eigenvalue weighted by molar-refractivity contribution is 5.78. The van der Waals surface area contributed by atoms with Crippen LogP contribution in [0.1, 0.15) is 70.8 Å². The molecule has 0 aliphatic carbocycles. The molecular weight excluding hydrogens is 300 g/mol. The first-order valence-electron chi connectivity index (χ1n) is 9.43. The molecule has 2 rings (SSSR count). The van der Waals surface area contributed by atoms with E-state index in [1.54, 1.807) is 7.11 Å². The highest BCUT2D eigenvalue weighted by atomic mass is 16.5. The number of hydrogen-bond donors (Lipinski definition) is 0. The van der Waals surface area contributed by atoms with Crippen LogP contribution in [0.3, 0.4) is 0 Å². The van der Waals surface area contributed by atoms with Gasteiger partial charge in [0.25, 0.3) is 0 Å². The van der Waals surface area contributed by atoms with Gasteiger partial charge < -0.3 is 9.47 Å². The summed E-state index contributed by atoms with van der Waals surface area (Å²) < 4.78 is 11.4. The first kappa shape index (κ1) is 18.8. The summed E-state index contributed by atoms with van der Waals surface area (Å²) in [6.45, 7) is 7.34. The van der Waals surface area contributed by atoms with Gasteiger partial charge in [-0.1, -0.05) is 33.3 Å². The zero-order valence-corrected chi connectivity index (χ0v) is 15.6. The summed E-state index contributed by atoms with van der Waals surface area (Å²) in [6.07, 6.45) is 5.68. The van der Waals surface area contributed by atoms with Gasteiger partial charge in [-0.2, -0.15) is 0 Å². The number of methoxy groups -OCH3 is 1. The molecule has 0 N–H and O–H groups in total. The van der Waals surface area contributed by atoms with E-state index in [0.717, 1.165) is 43.8 Å². The van der Waals surface area contributed by atoms with Crippen LogP contribution in [0.15, 0.2) is 18.2 Å². The largest absolute Gasteiger partial charge is 0.497 e. The molecule has 1 aliphatic heterocycles. The first-order chi connectivity index (χ1) is 11.6. The third kappa shape index (κ3) is 4.52. The lowest BCUT2D eigenvalue weighted by Crippen LogP contribution is -2.31. The van der Waals surface area contributed by atoms with Crippen LogP contribution in [-0.4, -0.2) is 19.5 Å². The Balaban J connectivity index is 2.10. The van der Waals surface area contributed by atoms with Gasteiger partial charge in [-0.25, -0.2) is 0 Å². The summed E-state index contributed by atoms with van der Waals surface area (Å²) in [5, 5.41) is 0. The Bertz CT molecular complexity index is 538. The van der Waals surface area contributed by atoms with Crippen molar-refractivity contribution in [2.24, 2.45) is 11.8 Å². The normalized spacial score (nSPS) is 20.8. The number of carbonyl (C=O) groups excluding carboxylic acids is 1. The fourth-order valence-electron chi connectivity index (χ4n) is 3.85. The highest BCUT2D eigenvalue weighted by Crippen LogP contribution is 2.44. The van der Waals surface area contributed by atoms with Gasteiger partial charge in [0.05, 0.1) is 13.7 Å². The Morgan fingerprint density at radius 1 is 1.29 bits per heavy atom. The second-order valence-electron chi connectivity index (χ2n) is 7.08. The van der Waals surface area contributed by atoms with Crippen LogP contribution >= 0.6 is 0 Å². The van der Waals surface area contributed by atoms with Crippen LogP contribution in [0.4, 0.5) is 0 Å². The SMILES string of the molecule is CCCC(=O)CC[C@H](C)[C@H]1COc2cc(OC)ccc2[C@H]1CCC. The van der Waals surface area contributed by atoms with Crippen molar-refractivity contribution in [3.63, 3.8) is 0 Å². The first-order valence-corrected chi connectivity index (χ1v) is 9.43. The molecule has 24 heavy (non-hydrogen) atoms. The van der Waals surface area contributed by atoms with Gasteiger partial charge in [0.15, 0.2) is 0 Å². The fourth-order valence-corrected chi connectivity index (χ4v) is 3.85. The van der Waals surface area contributed by atoms with Crippen molar-refractivity contribution < 1.29 is 14.3 Å². The lowest BCUT2D eigenvalue weighted by Gasteiger charge is -2.37. The van der Waals surface area contributed by atoms with Crippen LogP contribution in [0.5, 0.6) is 11.5 Å². The van der Waals surface area contributed by atoms with E-state index in [1.165, 1.54) is 12.0 Å². The quantitative estimate of drug-likeness (QED) is 0.609. The highest BCUT2D eigenvalue weighted by Gasteiger charge is 2.34. The number of Topliss-reactive ketones (excluding diaryl/α,β-unsaturated/α-hetero) is 1. The lowest BCUT2D eigenvalue weighted by atomic mass is 9.73. The molecule has 3 atom stereocenters. The maximum Gasteiger partial charge on any atom is 0.132 e. The zero-order chi connectivity index (χ0) is 17.5. The van der Waals surface area contributed by atoms with Gasteiger partial charge in [-0.05, 0) is 42.7 Å². The molecular formula is C21H32O3. The zero-order valence-electron chi connectivity index (χ0n) is 15.6. The van der Waals surface area contributed by atoms with Crippen LogP contribution in [0.2, 0.25) is 0 Å². The smallest absolute Gasteiger partial charge is 0.132 e. The summed E-state index contributed by atoms with van der Waals surface area (Å²) in [7, 11) is 1.69. The van der Waals surface area contributed by atoms with Crippen molar-refractivity contribution in [3.8, 4) is 11.5 Å². The standard InChI is InChI=1S/C21H32O3/c1-5-7-16(22)10-9-15(3)20-14-24-21-13-17(23-4)11-12-19(21)18(20)8-6-2/h11-13,15,18,20H,5-10,14H2,1-4H3/t15-,18+,20+/m0/s1. The van der Waals surface area contributed by atoms with E-state index >= 15 is 0 Å². The van der Waals surface area contributed by atoms with Crippen LogP contribution in [0, 0.1) is 11.8 Å². The molecule has 3 nitrogen and oxygen atoms in total. The molecule has 0 fully saturated rings. The van der Waals surface area contributed by atoms with Crippen molar-refractivity contribution in [2.75, 3.05) is 13.7 Å². The number of carbonyl (C=O) groups is 1. The van der Waals surface area contributed by atoms with E-state index in [4.69, 9.17) is 9.47 Å². The second kappa shape index (κ2) is 9.10. The average Bonchev–Trinajstić information content (AvgIpc) is 2.59. The van der Waals surface area contributed by atoms with E-state index in [1.807, 2.05) is 12.1 Å². The minimum Gasteiger partial charge on any atom is -0.497 e. The number of ether oxygens (including phenoxy) is 2. The lowest BCUT2D eigenvalue weighted by molar-refractivity contribution is -0.119. The van der Waals surface area contributed by atoms with Gasteiger partial charge in [0, 0.05) is 24.8 Å². The molecule has 0 unspecified atom stereocenters. The molecule has 0 radical (unpaired) electrons. The Morgan fingerprint density at radius 3 is 2.75 bits per heavy atom. The molecule has 0 amide bonds. The van der Waals surface area contributed by atoms with Crippen molar-refractivity contribution in [2.45, 2.75) is 65.2 Å². The van der Waals surface area contributed by atoms with Gasteiger partial charge in [0.1, 0.15) is 17.3 Å². The molecule has 1 heterocycles. The van der Waals surface area contributed by atoms with Crippen LogP contribution in [-0.2, 0) is 4.79 Å². The summed E-state index contributed by atoms with van der Waals surface area (Å²) in [6, 6.07) is 6.20. The van der Waals surface area contributed by atoms with Crippen molar-refractivity contribution in [3.05, 3.63) is 23.8 Å². The van der Waals surface area contributed by atoms with Crippen molar-refractivity contribution in [1.82, 2.24) is 0 Å². The van der Waals surface area contributed by atoms with Gasteiger partial charge in [-0.3, -0.25) is 4.79 Å². The van der Waals surface area contributed by atoms with E-state index in [2.05, 4.69) is 26.8 Å². The molecule has 134 valence electrons. The summed E-state index contributed by atoms with van der Waals surface area (Å²) in [5.41, 5.74) is 1.31. The van der Waals surface area contributed by atoms with Gasteiger partial charge in [0.2, 0.25) is 0 Å².